The van der Waals surface area contributed by atoms with E-state index in [1.54, 1.807) is 24.4 Å². The molecule has 7 nitrogen and oxygen atoms in total. The zero-order valence-electron chi connectivity index (χ0n) is 14.2. The Hall–Kier alpha value is -1.99. The van der Waals surface area contributed by atoms with E-state index in [0.29, 0.717) is 12.2 Å². The molecule has 0 radical (unpaired) electrons. The first kappa shape index (κ1) is 17.8. The lowest BCUT2D eigenvalue weighted by molar-refractivity contribution is -0.122. The van der Waals surface area contributed by atoms with Crippen molar-refractivity contribution < 1.29 is 19.4 Å². The molecule has 1 aliphatic heterocycles. The van der Waals surface area contributed by atoms with E-state index in [9.17, 15) is 14.7 Å². The molecule has 3 N–H and O–H groups in total. The molecule has 1 aromatic rings. The van der Waals surface area contributed by atoms with E-state index < -0.39 is 6.10 Å². The highest BCUT2D eigenvalue weighted by Gasteiger charge is 2.33. The van der Waals surface area contributed by atoms with Crippen LogP contribution in [0.1, 0.15) is 42.6 Å². The number of rotatable bonds is 7. The van der Waals surface area contributed by atoms with Crippen molar-refractivity contribution in [3.63, 3.8) is 0 Å². The molecular formula is C18H25N3O4. The fourth-order valence-electron chi connectivity index (χ4n) is 3.09. The Labute approximate surface area is 147 Å². The number of pyridine rings is 1. The van der Waals surface area contributed by atoms with Crippen molar-refractivity contribution in [2.75, 3.05) is 13.2 Å². The second-order valence-corrected chi connectivity index (χ2v) is 6.71. The van der Waals surface area contributed by atoms with Gasteiger partial charge in [0.05, 0.1) is 18.8 Å². The van der Waals surface area contributed by atoms with Crippen molar-refractivity contribution >= 4 is 11.8 Å². The molecule has 0 aromatic carbocycles. The number of hydrogen-bond acceptors (Lipinski definition) is 5. The van der Waals surface area contributed by atoms with E-state index >= 15 is 0 Å². The molecule has 1 aliphatic carbocycles. The van der Waals surface area contributed by atoms with E-state index in [2.05, 4.69) is 15.6 Å². The highest BCUT2D eigenvalue weighted by molar-refractivity contribution is 5.92. The lowest BCUT2D eigenvalue weighted by atomic mass is 9.97. The van der Waals surface area contributed by atoms with Crippen LogP contribution in [0.15, 0.2) is 24.4 Å². The summed E-state index contributed by atoms with van der Waals surface area (Å²) in [4.78, 5) is 27.9. The molecule has 1 aromatic heterocycles. The van der Waals surface area contributed by atoms with E-state index in [4.69, 9.17) is 4.74 Å². The number of ether oxygens (including phenoxy) is 1. The summed E-state index contributed by atoms with van der Waals surface area (Å²) in [6, 6.07) is 4.92. The normalized spacial score (nSPS) is 26.0. The van der Waals surface area contributed by atoms with Crippen molar-refractivity contribution in [2.24, 2.45) is 5.92 Å². The number of carbonyl (C=O) groups is 2. The van der Waals surface area contributed by atoms with Gasteiger partial charge in [-0.15, -0.1) is 0 Å². The van der Waals surface area contributed by atoms with E-state index in [0.717, 1.165) is 32.1 Å². The standard InChI is InChI=1S/C18H25N3O4/c22-11-16-14(21-18(24)15-3-1-2-9-19-15)7-6-13(25-16)8-10-20-17(23)12-4-5-12/h1-3,9,12-14,16,22H,4-8,10-11H2,(H,20,23)(H,21,24)/t13-,14-,16+/m1/s1. The summed E-state index contributed by atoms with van der Waals surface area (Å²) in [5.74, 6) is 0.0847. The smallest absolute Gasteiger partial charge is 0.270 e. The molecule has 0 unspecified atom stereocenters. The van der Waals surface area contributed by atoms with Crippen molar-refractivity contribution in [2.45, 2.75) is 50.4 Å². The van der Waals surface area contributed by atoms with Gasteiger partial charge in [0.1, 0.15) is 11.8 Å². The first-order chi connectivity index (χ1) is 12.2. The first-order valence-electron chi connectivity index (χ1n) is 8.93. The Balaban J connectivity index is 1.44. The number of carbonyl (C=O) groups excluding carboxylic acids is 2. The average Bonchev–Trinajstić information content (AvgIpc) is 3.48. The van der Waals surface area contributed by atoms with Crippen LogP contribution in [0, 0.1) is 5.92 Å². The van der Waals surface area contributed by atoms with Crippen LogP contribution in [0.3, 0.4) is 0 Å². The van der Waals surface area contributed by atoms with Crippen molar-refractivity contribution in [3.8, 4) is 0 Å². The average molecular weight is 347 g/mol. The fourth-order valence-corrected chi connectivity index (χ4v) is 3.09. The number of nitrogens with one attached hydrogen (secondary N) is 2. The van der Waals surface area contributed by atoms with Crippen molar-refractivity contribution in [1.82, 2.24) is 15.6 Å². The van der Waals surface area contributed by atoms with Gasteiger partial charge < -0.3 is 20.5 Å². The van der Waals surface area contributed by atoms with Gasteiger partial charge in [0.2, 0.25) is 5.91 Å². The van der Waals surface area contributed by atoms with Gasteiger partial charge in [-0.1, -0.05) is 6.07 Å². The summed E-state index contributed by atoms with van der Waals surface area (Å²) < 4.78 is 5.91. The first-order valence-corrected chi connectivity index (χ1v) is 8.93. The Kier molecular flexibility index (Phi) is 5.99. The number of aliphatic hydroxyl groups is 1. The summed E-state index contributed by atoms with van der Waals surface area (Å²) >= 11 is 0. The van der Waals surface area contributed by atoms with Gasteiger partial charge in [0.25, 0.3) is 5.91 Å². The number of aliphatic hydroxyl groups excluding tert-OH is 1. The Morgan fingerprint density at radius 1 is 1.24 bits per heavy atom. The largest absolute Gasteiger partial charge is 0.394 e. The van der Waals surface area contributed by atoms with E-state index in [1.165, 1.54) is 0 Å². The third kappa shape index (κ3) is 4.99. The molecule has 0 bridgehead atoms. The molecule has 1 saturated heterocycles. The Bertz CT molecular complexity index is 591. The van der Waals surface area contributed by atoms with Crippen LogP contribution in [0.25, 0.3) is 0 Å². The molecule has 2 aliphatic rings. The van der Waals surface area contributed by atoms with Gasteiger partial charge in [-0.05, 0) is 44.2 Å². The molecule has 2 amide bonds. The third-order valence-electron chi connectivity index (χ3n) is 4.72. The van der Waals surface area contributed by atoms with Crippen molar-refractivity contribution in [3.05, 3.63) is 30.1 Å². The van der Waals surface area contributed by atoms with Crippen LogP contribution >= 0.6 is 0 Å². The van der Waals surface area contributed by atoms with Crippen LogP contribution in [-0.4, -0.2) is 53.3 Å². The van der Waals surface area contributed by atoms with Gasteiger partial charge in [-0.25, -0.2) is 0 Å². The lowest BCUT2D eigenvalue weighted by Gasteiger charge is -2.36. The Morgan fingerprint density at radius 3 is 2.76 bits per heavy atom. The maximum Gasteiger partial charge on any atom is 0.270 e. The molecule has 25 heavy (non-hydrogen) atoms. The highest BCUT2D eigenvalue weighted by atomic mass is 16.5. The summed E-state index contributed by atoms with van der Waals surface area (Å²) in [5, 5.41) is 15.4. The molecule has 0 spiro atoms. The summed E-state index contributed by atoms with van der Waals surface area (Å²) in [5.41, 5.74) is 0.351. The van der Waals surface area contributed by atoms with Crippen LogP contribution in [0.5, 0.6) is 0 Å². The van der Waals surface area contributed by atoms with Gasteiger partial charge in [0, 0.05) is 18.7 Å². The van der Waals surface area contributed by atoms with Crippen molar-refractivity contribution in [1.29, 1.82) is 0 Å². The maximum absolute atomic E-state index is 12.2. The van der Waals surface area contributed by atoms with Crippen LogP contribution in [-0.2, 0) is 9.53 Å². The number of nitrogens with zero attached hydrogens (tertiary/aromatic N) is 1. The number of hydrogen-bond donors (Lipinski definition) is 3. The minimum absolute atomic E-state index is 0.0142. The molecule has 2 heterocycles. The number of aromatic nitrogens is 1. The summed E-state index contributed by atoms with van der Waals surface area (Å²) in [7, 11) is 0. The molecule has 3 rings (SSSR count). The maximum atomic E-state index is 12.2. The van der Waals surface area contributed by atoms with Crippen LogP contribution in [0.2, 0.25) is 0 Å². The minimum atomic E-state index is -0.439. The summed E-state index contributed by atoms with van der Waals surface area (Å²) in [6.45, 7) is 0.432. The van der Waals surface area contributed by atoms with E-state index in [1.807, 2.05) is 0 Å². The third-order valence-corrected chi connectivity index (χ3v) is 4.72. The zero-order valence-corrected chi connectivity index (χ0v) is 14.2. The molecule has 136 valence electrons. The van der Waals surface area contributed by atoms with Gasteiger partial charge >= 0.3 is 0 Å². The lowest BCUT2D eigenvalue weighted by Crippen LogP contribution is -2.51. The molecular weight excluding hydrogens is 322 g/mol. The number of amides is 2. The fraction of sp³-hybridized carbons (Fsp3) is 0.611. The second kappa shape index (κ2) is 8.40. The predicted octanol–water partition coefficient (Wildman–Crippen LogP) is 0.636. The molecule has 3 atom stereocenters. The predicted molar refractivity (Wildman–Crippen MR) is 90.8 cm³/mol. The molecule has 1 saturated carbocycles. The van der Waals surface area contributed by atoms with Gasteiger partial charge in [-0.3, -0.25) is 14.6 Å². The van der Waals surface area contributed by atoms with Crippen LogP contribution < -0.4 is 10.6 Å². The van der Waals surface area contributed by atoms with Gasteiger partial charge in [-0.2, -0.15) is 0 Å². The van der Waals surface area contributed by atoms with Crippen LogP contribution in [0.4, 0.5) is 0 Å². The van der Waals surface area contributed by atoms with Gasteiger partial charge in [0.15, 0.2) is 0 Å². The quantitative estimate of drug-likeness (QED) is 0.672. The topological polar surface area (TPSA) is 101 Å². The monoisotopic (exact) mass is 347 g/mol. The zero-order chi connectivity index (χ0) is 17.6. The van der Waals surface area contributed by atoms with E-state index in [-0.39, 0.29) is 36.5 Å². The minimum Gasteiger partial charge on any atom is -0.394 e. The summed E-state index contributed by atoms with van der Waals surface area (Å²) in [6.07, 6.45) is 5.34. The molecule has 7 heteroatoms. The Morgan fingerprint density at radius 2 is 2.08 bits per heavy atom. The highest BCUT2D eigenvalue weighted by Crippen LogP contribution is 2.28. The molecule has 2 fully saturated rings. The second-order valence-electron chi connectivity index (χ2n) is 6.71. The SMILES string of the molecule is O=C(N[C@@H]1CC[C@H](CCNC(=O)C2CC2)O[C@H]1CO)c1ccccn1.